The van der Waals surface area contributed by atoms with Crippen LogP contribution in [0.25, 0.3) is 0 Å². The van der Waals surface area contributed by atoms with Gasteiger partial charge >= 0.3 is 17.8 Å². The second-order valence-electron chi connectivity index (χ2n) is 6.19. The van der Waals surface area contributed by atoms with Crippen LogP contribution in [0.2, 0.25) is 0 Å². The number of nitrogens with zero attached hydrogens (tertiary/aromatic N) is 2. The number of para-hydroxylation sites is 1. The Labute approximate surface area is 152 Å². The standard InChI is InChI=1S/C20H20N2O4/c1-14-7-6-8-15(2)17(14)26-12-11-21-18(23)19(24)22(20(21)25)13-16-9-4-3-5-10-16/h3-10H,11-13H2,1-2H3. The molecule has 1 fully saturated rings. The normalized spacial score (nSPS) is 14.3. The SMILES string of the molecule is Cc1cccc(C)c1OCCN1C(=O)C(=O)N(Cc2ccccc2)C1=O. The summed E-state index contributed by atoms with van der Waals surface area (Å²) >= 11 is 0. The summed E-state index contributed by atoms with van der Waals surface area (Å²) in [5, 5.41) is 0. The molecule has 1 aliphatic heterocycles. The number of imide groups is 2. The van der Waals surface area contributed by atoms with Crippen LogP contribution in [0.1, 0.15) is 16.7 Å². The van der Waals surface area contributed by atoms with E-state index in [1.807, 2.05) is 50.2 Å². The molecule has 134 valence electrons. The van der Waals surface area contributed by atoms with E-state index in [0.717, 1.165) is 32.2 Å². The van der Waals surface area contributed by atoms with Gasteiger partial charge in [0.05, 0.1) is 13.1 Å². The lowest BCUT2D eigenvalue weighted by molar-refractivity contribution is -0.143. The van der Waals surface area contributed by atoms with E-state index in [1.54, 1.807) is 12.1 Å². The number of aryl methyl sites for hydroxylation is 2. The van der Waals surface area contributed by atoms with Crippen LogP contribution in [0.4, 0.5) is 4.79 Å². The molecule has 3 rings (SSSR count). The maximum atomic E-state index is 12.5. The topological polar surface area (TPSA) is 66.9 Å². The van der Waals surface area contributed by atoms with Crippen LogP contribution in [0.15, 0.2) is 48.5 Å². The molecule has 2 aromatic rings. The van der Waals surface area contributed by atoms with Crippen molar-refractivity contribution in [2.45, 2.75) is 20.4 Å². The highest BCUT2D eigenvalue weighted by Gasteiger charge is 2.44. The maximum Gasteiger partial charge on any atom is 0.334 e. The number of carbonyl (C=O) groups is 3. The van der Waals surface area contributed by atoms with Gasteiger partial charge in [-0.05, 0) is 30.5 Å². The van der Waals surface area contributed by atoms with E-state index in [9.17, 15) is 14.4 Å². The van der Waals surface area contributed by atoms with Gasteiger partial charge < -0.3 is 4.74 Å². The Morgan fingerprint density at radius 3 is 2.08 bits per heavy atom. The number of rotatable bonds is 6. The summed E-state index contributed by atoms with van der Waals surface area (Å²) in [6, 6.07) is 14.3. The van der Waals surface area contributed by atoms with Crippen molar-refractivity contribution in [3.05, 3.63) is 65.2 Å². The average Bonchev–Trinajstić information content (AvgIpc) is 2.83. The molecule has 6 heteroatoms. The molecule has 0 aromatic heterocycles. The molecule has 4 amide bonds. The third kappa shape index (κ3) is 3.44. The van der Waals surface area contributed by atoms with Gasteiger partial charge in [-0.25, -0.2) is 4.79 Å². The molecule has 26 heavy (non-hydrogen) atoms. The van der Waals surface area contributed by atoms with Crippen molar-refractivity contribution in [3.63, 3.8) is 0 Å². The number of amides is 4. The van der Waals surface area contributed by atoms with Crippen molar-refractivity contribution < 1.29 is 19.1 Å². The van der Waals surface area contributed by atoms with Crippen molar-refractivity contribution in [2.75, 3.05) is 13.2 Å². The molecule has 0 unspecified atom stereocenters. The van der Waals surface area contributed by atoms with Crippen LogP contribution in [0.5, 0.6) is 5.75 Å². The summed E-state index contributed by atoms with van der Waals surface area (Å²) in [4.78, 5) is 38.7. The zero-order chi connectivity index (χ0) is 18.7. The Bertz CT molecular complexity index is 828. The highest BCUT2D eigenvalue weighted by Crippen LogP contribution is 2.22. The van der Waals surface area contributed by atoms with Gasteiger partial charge in [0, 0.05) is 0 Å². The quantitative estimate of drug-likeness (QED) is 0.592. The van der Waals surface area contributed by atoms with E-state index in [0.29, 0.717) is 0 Å². The molecule has 1 heterocycles. The summed E-state index contributed by atoms with van der Waals surface area (Å²) in [7, 11) is 0. The van der Waals surface area contributed by atoms with E-state index < -0.39 is 17.8 Å². The molecular weight excluding hydrogens is 332 g/mol. The van der Waals surface area contributed by atoms with Crippen molar-refractivity contribution in [3.8, 4) is 5.75 Å². The van der Waals surface area contributed by atoms with Crippen molar-refractivity contribution in [1.82, 2.24) is 9.80 Å². The largest absolute Gasteiger partial charge is 0.491 e. The van der Waals surface area contributed by atoms with Crippen LogP contribution in [0.3, 0.4) is 0 Å². The first-order valence-electron chi connectivity index (χ1n) is 8.39. The monoisotopic (exact) mass is 352 g/mol. The number of hydrogen-bond acceptors (Lipinski definition) is 4. The molecule has 2 aromatic carbocycles. The summed E-state index contributed by atoms with van der Waals surface area (Å²) < 4.78 is 5.74. The zero-order valence-corrected chi connectivity index (χ0v) is 14.8. The molecule has 1 saturated heterocycles. The second kappa shape index (κ2) is 7.39. The van der Waals surface area contributed by atoms with Gasteiger partial charge in [-0.2, -0.15) is 0 Å². The third-order valence-corrected chi connectivity index (χ3v) is 4.29. The van der Waals surface area contributed by atoms with Gasteiger partial charge in [0.2, 0.25) is 0 Å². The van der Waals surface area contributed by atoms with Crippen LogP contribution < -0.4 is 4.74 Å². The Kier molecular flexibility index (Phi) is 5.02. The molecule has 0 atom stereocenters. The first-order chi connectivity index (χ1) is 12.5. The van der Waals surface area contributed by atoms with Crippen LogP contribution >= 0.6 is 0 Å². The zero-order valence-electron chi connectivity index (χ0n) is 14.8. The van der Waals surface area contributed by atoms with Gasteiger partial charge in [0.1, 0.15) is 12.4 Å². The predicted octanol–water partition coefficient (Wildman–Crippen LogP) is 2.67. The minimum Gasteiger partial charge on any atom is -0.491 e. The fourth-order valence-electron chi connectivity index (χ4n) is 2.92. The maximum absolute atomic E-state index is 12.5. The number of benzene rings is 2. The number of ether oxygens (including phenoxy) is 1. The molecule has 0 spiro atoms. The summed E-state index contributed by atoms with van der Waals surface area (Å²) in [5.74, 6) is -0.874. The Balaban J connectivity index is 1.64. The number of urea groups is 1. The smallest absolute Gasteiger partial charge is 0.334 e. The van der Waals surface area contributed by atoms with Crippen molar-refractivity contribution in [1.29, 1.82) is 0 Å². The van der Waals surface area contributed by atoms with Gasteiger partial charge in [-0.3, -0.25) is 19.4 Å². The van der Waals surface area contributed by atoms with E-state index in [4.69, 9.17) is 4.74 Å². The van der Waals surface area contributed by atoms with Gasteiger partial charge in [0.25, 0.3) is 0 Å². The van der Waals surface area contributed by atoms with Crippen LogP contribution in [-0.2, 0) is 16.1 Å². The average molecular weight is 352 g/mol. The Morgan fingerprint density at radius 1 is 0.808 bits per heavy atom. The van der Waals surface area contributed by atoms with Gasteiger partial charge in [-0.15, -0.1) is 0 Å². The molecular formula is C20H20N2O4. The first kappa shape index (κ1) is 17.7. The highest BCUT2D eigenvalue weighted by atomic mass is 16.5. The first-order valence-corrected chi connectivity index (χ1v) is 8.39. The second-order valence-corrected chi connectivity index (χ2v) is 6.19. The Hall–Kier alpha value is -3.15. The lowest BCUT2D eigenvalue weighted by atomic mass is 10.1. The molecule has 0 radical (unpaired) electrons. The summed E-state index contributed by atoms with van der Waals surface area (Å²) in [6.07, 6.45) is 0. The lowest BCUT2D eigenvalue weighted by Crippen LogP contribution is -2.36. The Morgan fingerprint density at radius 2 is 1.42 bits per heavy atom. The fraction of sp³-hybridized carbons (Fsp3) is 0.250. The van der Waals surface area contributed by atoms with E-state index in [2.05, 4.69) is 0 Å². The van der Waals surface area contributed by atoms with Crippen molar-refractivity contribution >= 4 is 17.8 Å². The number of hydrogen-bond donors (Lipinski definition) is 0. The number of carbonyl (C=O) groups excluding carboxylic acids is 3. The van der Waals surface area contributed by atoms with Gasteiger partial charge in [-0.1, -0.05) is 48.5 Å². The lowest BCUT2D eigenvalue weighted by Gasteiger charge is -2.17. The summed E-state index contributed by atoms with van der Waals surface area (Å²) in [6.45, 7) is 4.11. The van der Waals surface area contributed by atoms with E-state index >= 15 is 0 Å². The minimum atomic E-state index is -0.809. The fourth-order valence-corrected chi connectivity index (χ4v) is 2.92. The molecule has 1 aliphatic rings. The van der Waals surface area contributed by atoms with E-state index in [-0.39, 0.29) is 19.7 Å². The molecule has 6 nitrogen and oxygen atoms in total. The van der Waals surface area contributed by atoms with Crippen LogP contribution in [0, 0.1) is 13.8 Å². The van der Waals surface area contributed by atoms with Crippen molar-refractivity contribution in [2.24, 2.45) is 0 Å². The molecule has 0 bridgehead atoms. The van der Waals surface area contributed by atoms with Crippen LogP contribution in [-0.4, -0.2) is 40.8 Å². The minimum absolute atomic E-state index is 0.0302. The third-order valence-electron chi connectivity index (χ3n) is 4.29. The highest BCUT2D eigenvalue weighted by molar-refractivity contribution is 6.44. The summed E-state index contributed by atoms with van der Waals surface area (Å²) in [5.41, 5.74) is 2.74. The predicted molar refractivity (Wildman–Crippen MR) is 95.5 cm³/mol. The van der Waals surface area contributed by atoms with Gasteiger partial charge in [0.15, 0.2) is 0 Å². The van der Waals surface area contributed by atoms with E-state index in [1.165, 1.54) is 0 Å². The molecule has 0 N–H and O–H groups in total. The molecule has 0 saturated carbocycles. The molecule has 0 aliphatic carbocycles.